The van der Waals surface area contributed by atoms with E-state index in [2.05, 4.69) is 25.9 Å². The van der Waals surface area contributed by atoms with Crippen molar-refractivity contribution in [3.8, 4) is 5.75 Å². The van der Waals surface area contributed by atoms with Crippen LogP contribution in [0.5, 0.6) is 5.75 Å². The summed E-state index contributed by atoms with van der Waals surface area (Å²) < 4.78 is 0. The number of carbonyl (C=O) groups excluding carboxylic acids is 3. The van der Waals surface area contributed by atoms with Gasteiger partial charge in [0.2, 0.25) is 17.7 Å². The number of aromatic amines is 1. The highest BCUT2D eigenvalue weighted by Crippen LogP contribution is 2.12. The van der Waals surface area contributed by atoms with E-state index in [0.717, 1.165) is 5.56 Å². The van der Waals surface area contributed by atoms with E-state index >= 15 is 0 Å². The van der Waals surface area contributed by atoms with Crippen LogP contribution in [-0.4, -0.2) is 80.0 Å². The zero-order valence-corrected chi connectivity index (χ0v) is 23.2. The molecule has 3 amide bonds. The summed E-state index contributed by atoms with van der Waals surface area (Å²) in [5.41, 5.74) is 7.41. The van der Waals surface area contributed by atoms with Gasteiger partial charge in [-0.05, 0) is 54.9 Å². The summed E-state index contributed by atoms with van der Waals surface area (Å²) in [4.78, 5) is 57.8. The Morgan fingerprint density at radius 1 is 0.974 bits per heavy atom. The summed E-state index contributed by atoms with van der Waals surface area (Å²) in [6.07, 6.45) is 5.55. The molecule has 1 aromatic heterocycles. The van der Waals surface area contributed by atoms with Crippen molar-refractivity contribution in [2.24, 2.45) is 11.7 Å². The van der Waals surface area contributed by atoms with Crippen LogP contribution < -0.4 is 21.7 Å². The number of thioether (sulfide) groups is 1. The van der Waals surface area contributed by atoms with Crippen LogP contribution in [0.15, 0.2) is 36.8 Å². The van der Waals surface area contributed by atoms with Gasteiger partial charge in [0, 0.05) is 18.3 Å². The fourth-order valence-corrected chi connectivity index (χ4v) is 4.30. The van der Waals surface area contributed by atoms with Gasteiger partial charge >= 0.3 is 5.97 Å². The molecule has 4 atom stereocenters. The van der Waals surface area contributed by atoms with E-state index in [1.165, 1.54) is 36.4 Å². The van der Waals surface area contributed by atoms with Crippen LogP contribution in [-0.2, 0) is 32.0 Å². The molecule has 0 spiro atoms. The first-order valence-electron chi connectivity index (χ1n) is 12.6. The monoisotopic (exact) mass is 562 g/mol. The largest absolute Gasteiger partial charge is 0.508 e. The van der Waals surface area contributed by atoms with Crippen LogP contribution >= 0.6 is 11.8 Å². The van der Waals surface area contributed by atoms with E-state index in [9.17, 15) is 29.4 Å². The van der Waals surface area contributed by atoms with Gasteiger partial charge in [0.05, 0.1) is 12.4 Å². The predicted octanol–water partition coefficient (Wildman–Crippen LogP) is 0.566. The van der Waals surface area contributed by atoms with E-state index in [4.69, 9.17) is 5.73 Å². The molecule has 1 aromatic carbocycles. The Bertz CT molecular complexity index is 1080. The number of phenolic OH excluding ortho intramolecular Hbond substituents is 1. The number of aliphatic carboxylic acids is 1. The molecule has 0 saturated carbocycles. The van der Waals surface area contributed by atoms with Crippen LogP contribution in [0.4, 0.5) is 0 Å². The van der Waals surface area contributed by atoms with Gasteiger partial charge in [-0.1, -0.05) is 26.0 Å². The summed E-state index contributed by atoms with van der Waals surface area (Å²) in [5, 5.41) is 26.9. The van der Waals surface area contributed by atoms with Crippen LogP contribution in [0, 0.1) is 5.92 Å². The third-order valence-electron chi connectivity index (χ3n) is 5.91. The lowest BCUT2D eigenvalue weighted by Gasteiger charge is -2.25. The summed E-state index contributed by atoms with van der Waals surface area (Å²) in [6, 6.07) is 2.12. The van der Waals surface area contributed by atoms with Gasteiger partial charge in [-0.3, -0.25) is 14.4 Å². The number of phenols is 1. The molecule has 0 fully saturated rings. The van der Waals surface area contributed by atoms with Gasteiger partial charge in [-0.2, -0.15) is 11.8 Å². The Hall–Kier alpha value is -3.58. The van der Waals surface area contributed by atoms with Crippen LogP contribution in [0.2, 0.25) is 0 Å². The lowest BCUT2D eigenvalue weighted by Crippen LogP contribution is -2.58. The number of rotatable bonds is 16. The normalized spacial score (nSPS) is 14.2. The number of nitrogens with one attached hydrogen (secondary N) is 4. The molecule has 0 bridgehead atoms. The van der Waals surface area contributed by atoms with E-state index in [-0.39, 0.29) is 37.4 Å². The highest BCUT2D eigenvalue weighted by molar-refractivity contribution is 7.98. The summed E-state index contributed by atoms with van der Waals surface area (Å²) in [6.45, 7) is 3.70. The molecule has 0 aliphatic rings. The second kappa shape index (κ2) is 15.7. The van der Waals surface area contributed by atoms with Gasteiger partial charge in [0.25, 0.3) is 0 Å². The second-order valence-electron chi connectivity index (χ2n) is 9.69. The molecular weight excluding hydrogens is 524 g/mol. The summed E-state index contributed by atoms with van der Waals surface area (Å²) >= 11 is 1.48. The lowest BCUT2D eigenvalue weighted by molar-refractivity contribution is -0.142. The Balaban J connectivity index is 2.16. The van der Waals surface area contributed by atoms with Crippen molar-refractivity contribution < 1.29 is 29.4 Å². The van der Waals surface area contributed by atoms with E-state index in [1.807, 2.05) is 20.1 Å². The number of hydrogen-bond acceptors (Lipinski definition) is 8. The smallest absolute Gasteiger partial charge is 0.326 e. The third kappa shape index (κ3) is 11.0. The Kier molecular flexibility index (Phi) is 12.8. The fourth-order valence-electron chi connectivity index (χ4n) is 3.82. The van der Waals surface area contributed by atoms with Crippen molar-refractivity contribution in [2.45, 2.75) is 63.7 Å². The maximum Gasteiger partial charge on any atom is 0.326 e. The quantitative estimate of drug-likeness (QED) is 0.153. The number of hydrogen-bond donors (Lipinski definition) is 7. The van der Waals surface area contributed by atoms with E-state index in [0.29, 0.717) is 11.4 Å². The molecule has 0 saturated heterocycles. The SMILES string of the molecule is CSCCC(NC(=O)C(Cc1cnc[nH]1)NC(=O)C(N)Cc1ccc(O)cc1)C(=O)NC(CC(C)C)C(=O)O. The summed E-state index contributed by atoms with van der Waals surface area (Å²) in [5.74, 6) is -2.30. The van der Waals surface area contributed by atoms with Crippen LogP contribution in [0.25, 0.3) is 0 Å². The van der Waals surface area contributed by atoms with Gasteiger partial charge in [-0.15, -0.1) is 0 Å². The third-order valence-corrected chi connectivity index (χ3v) is 6.55. The molecule has 0 aliphatic heterocycles. The average molecular weight is 563 g/mol. The number of H-pyrrole nitrogens is 1. The van der Waals surface area contributed by atoms with Crippen molar-refractivity contribution in [2.75, 3.05) is 12.0 Å². The number of aromatic nitrogens is 2. The maximum absolute atomic E-state index is 13.4. The number of imidazole rings is 1. The Morgan fingerprint density at radius 2 is 1.59 bits per heavy atom. The average Bonchev–Trinajstić information content (AvgIpc) is 3.39. The van der Waals surface area contributed by atoms with Gasteiger partial charge in [0.1, 0.15) is 23.9 Å². The number of nitrogens with zero attached hydrogens (tertiary/aromatic N) is 1. The second-order valence-corrected chi connectivity index (χ2v) is 10.7. The molecule has 12 nitrogen and oxygen atoms in total. The number of benzene rings is 1. The highest BCUT2D eigenvalue weighted by Gasteiger charge is 2.31. The molecule has 1 heterocycles. The van der Waals surface area contributed by atoms with Crippen molar-refractivity contribution in [3.63, 3.8) is 0 Å². The first-order valence-corrected chi connectivity index (χ1v) is 14.0. The number of amides is 3. The topological polar surface area (TPSA) is 200 Å². The Labute approximate surface area is 231 Å². The molecule has 39 heavy (non-hydrogen) atoms. The molecular formula is C26H38N6O6S. The van der Waals surface area contributed by atoms with Crippen molar-refractivity contribution in [3.05, 3.63) is 48.0 Å². The number of carboxylic acids is 1. The van der Waals surface area contributed by atoms with Crippen molar-refractivity contribution in [1.82, 2.24) is 25.9 Å². The first-order chi connectivity index (χ1) is 18.5. The fraction of sp³-hybridized carbons (Fsp3) is 0.500. The molecule has 8 N–H and O–H groups in total. The van der Waals surface area contributed by atoms with Gasteiger partial charge in [0.15, 0.2) is 0 Å². The van der Waals surface area contributed by atoms with Crippen LogP contribution in [0.3, 0.4) is 0 Å². The standard InChI is InChI=1S/C26H38N6O6S/c1-15(2)10-22(26(37)38)32-24(35)20(8-9-39-3)30-25(36)21(12-17-13-28-14-29-17)31-23(34)19(27)11-16-4-6-18(33)7-5-16/h4-7,13-15,19-22,33H,8-12,27H2,1-3H3,(H,28,29)(H,30,36)(H,31,34)(H,32,35)(H,37,38). The minimum Gasteiger partial charge on any atom is -0.508 e. The molecule has 2 rings (SSSR count). The number of carbonyl (C=O) groups is 4. The Morgan fingerprint density at radius 3 is 2.15 bits per heavy atom. The van der Waals surface area contributed by atoms with E-state index < -0.39 is 47.9 Å². The van der Waals surface area contributed by atoms with Gasteiger partial charge in [-0.25, -0.2) is 9.78 Å². The minimum absolute atomic E-state index is 0.0328. The number of nitrogens with two attached hydrogens (primary N) is 1. The number of aromatic hydroxyl groups is 1. The molecule has 0 radical (unpaired) electrons. The minimum atomic E-state index is -1.15. The molecule has 4 unspecified atom stereocenters. The van der Waals surface area contributed by atoms with Crippen molar-refractivity contribution in [1.29, 1.82) is 0 Å². The molecule has 214 valence electrons. The molecule has 13 heteroatoms. The first kappa shape index (κ1) is 31.6. The zero-order chi connectivity index (χ0) is 28.9. The highest BCUT2D eigenvalue weighted by atomic mass is 32.2. The zero-order valence-electron chi connectivity index (χ0n) is 22.3. The summed E-state index contributed by atoms with van der Waals surface area (Å²) in [7, 11) is 0. The van der Waals surface area contributed by atoms with Crippen molar-refractivity contribution >= 4 is 35.5 Å². The predicted molar refractivity (Wildman–Crippen MR) is 148 cm³/mol. The number of carboxylic acid groups (broad SMARTS) is 1. The molecule has 0 aliphatic carbocycles. The molecule has 2 aromatic rings. The van der Waals surface area contributed by atoms with Crippen LogP contribution in [0.1, 0.15) is 37.9 Å². The lowest BCUT2D eigenvalue weighted by atomic mass is 10.0. The van der Waals surface area contributed by atoms with Gasteiger partial charge < -0.3 is 36.9 Å². The maximum atomic E-state index is 13.4. The van der Waals surface area contributed by atoms with E-state index in [1.54, 1.807) is 12.1 Å².